The average molecular weight is 421 g/mol. The molecule has 2 aromatic carbocycles. The molecule has 2 aliphatic heterocycles. The van der Waals surface area contributed by atoms with Crippen LogP contribution in [0.15, 0.2) is 42.5 Å². The summed E-state index contributed by atoms with van der Waals surface area (Å²) in [6, 6.07) is 8.90. The van der Waals surface area contributed by atoms with Crippen LogP contribution in [0.25, 0.3) is 5.57 Å². The van der Waals surface area contributed by atoms with Gasteiger partial charge in [0.05, 0.1) is 16.0 Å². The SMILES string of the molecule is CC1=CC(C)(C)Nc2ccc(OC(=O)CN3C(=O)c4cccc([N+](=O)[O-])c4C3=O)cc21. The Labute approximate surface area is 177 Å². The lowest BCUT2D eigenvalue weighted by Gasteiger charge is -2.31. The van der Waals surface area contributed by atoms with Crippen LogP contribution in [0.1, 0.15) is 47.1 Å². The van der Waals surface area contributed by atoms with Crippen molar-refractivity contribution in [3.05, 3.63) is 69.3 Å². The number of anilines is 1. The number of hydrogen-bond acceptors (Lipinski definition) is 7. The van der Waals surface area contributed by atoms with E-state index in [0.29, 0.717) is 4.90 Å². The Morgan fingerprint density at radius 1 is 1.16 bits per heavy atom. The minimum absolute atomic E-state index is 0.102. The number of allylic oxidation sites excluding steroid dienone is 1. The molecule has 0 aromatic heterocycles. The maximum atomic E-state index is 12.6. The van der Waals surface area contributed by atoms with Gasteiger partial charge in [0.15, 0.2) is 0 Å². The molecule has 2 heterocycles. The predicted molar refractivity (Wildman–Crippen MR) is 112 cm³/mol. The number of rotatable bonds is 4. The van der Waals surface area contributed by atoms with Gasteiger partial charge in [-0.1, -0.05) is 12.1 Å². The van der Waals surface area contributed by atoms with Gasteiger partial charge in [0.25, 0.3) is 17.5 Å². The Balaban J connectivity index is 1.52. The molecule has 0 atom stereocenters. The number of imide groups is 1. The number of benzene rings is 2. The number of nitrogens with one attached hydrogen (secondary N) is 1. The number of fused-ring (bicyclic) bond motifs is 2. The van der Waals surface area contributed by atoms with Crippen molar-refractivity contribution in [2.75, 3.05) is 11.9 Å². The molecule has 2 aromatic rings. The van der Waals surface area contributed by atoms with Crippen molar-refractivity contribution in [2.24, 2.45) is 0 Å². The number of ether oxygens (including phenoxy) is 1. The van der Waals surface area contributed by atoms with Crippen LogP contribution < -0.4 is 10.1 Å². The van der Waals surface area contributed by atoms with E-state index in [1.54, 1.807) is 18.2 Å². The Hall–Kier alpha value is -4.01. The maximum absolute atomic E-state index is 12.6. The molecule has 1 N–H and O–H groups in total. The maximum Gasteiger partial charge on any atom is 0.331 e. The molecule has 0 saturated carbocycles. The number of nitrogens with zero attached hydrogens (tertiary/aromatic N) is 2. The minimum Gasteiger partial charge on any atom is -0.425 e. The molecule has 0 aliphatic carbocycles. The first-order chi connectivity index (χ1) is 14.6. The van der Waals surface area contributed by atoms with Crippen LogP contribution in [0.3, 0.4) is 0 Å². The summed E-state index contributed by atoms with van der Waals surface area (Å²) in [4.78, 5) is 48.7. The van der Waals surface area contributed by atoms with E-state index in [-0.39, 0.29) is 22.4 Å². The molecule has 9 heteroatoms. The number of hydrogen-bond donors (Lipinski definition) is 1. The number of carbonyl (C=O) groups is 3. The van der Waals surface area contributed by atoms with Gasteiger partial charge in [0.2, 0.25) is 0 Å². The summed E-state index contributed by atoms with van der Waals surface area (Å²) in [7, 11) is 0. The molecule has 2 aliphatic rings. The summed E-state index contributed by atoms with van der Waals surface area (Å²) in [6.45, 7) is 5.39. The van der Waals surface area contributed by atoms with Crippen LogP contribution in [-0.2, 0) is 4.79 Å². The third kappa shape index (κ3) is 3.54. The van der Waals surface area contributed by atoms with Gasteiger partial charge in [-0.15, -0.1) is 0 Å². The fraction of sp³-hybridized carbons (Fsp3) is 0.227. The number of esters is 1. The second kappa shape index (κ2) is 7.05. The van der Waals surface area contributed by atoms with Crippen LogP contribution in [0.2, 0.25) is 0 Å². The zero-order chi connectivity index (χ0) is 22.5. The van der Waals surface area contributed by atoms with E-state index >= 15 is 0 Å². The summed E-state index contributed by atoms with van der Waals surface area (Å²) < 4.78 is 5.34. The molecular weight excluding hydrogens is 402 g/mol. The van der Waals surface area contributed by atoms with Crippen molar-refractivity contribution in [3.63, 3.8) is 0 Å². The van der Waals surface area contributed by atoms with E-state index in [2.05, 4.69) is 11.4 Å². The second-order valence-electron chi connectivity index (χ2n) is 8.01. The summed E-state index contributed by atoms with van der Waals surface area (Å²) in [5.41, 5.74) is 1.70. The van der Waals surface area contributed by atoms with Crippen molar-refractivity contribution in [3.8, 4) is 5.75 Å². The van der Waals surface area contributed by atoms with Crippen LogP contribution >= 0.6 is 0 Å². The Kier molecular flexibility index (Phi) is 4.61. The molecule has 0 saturated heterocycles. The van der Waals surface area contributed by atoms with Crippen molar-refractivity contribution in [1.29, 1.82) is 0 Å². The quantitative estimate of drug-likeness (QED) is 0.264. The molecule has 9 nitrogen and oxygen atoms in total. The van der Waals surface area contributed by atoms with E-state index in [4.69, 9.17) is 4.74 Å². The second-order valence-corrected chi connectivity index (χ2v) is 8.01. The van der Waals surface area contributed by atoms with E-state index in [1.807, 2.05) is 20.8 Å². The van der Waals surface area contributed by atoms with Gasteiger partial charge in [-0.2, -0.15) is 0 Å². The summed E-state index contributed by atoms with van der Waals surface area (Å²) in [6.07, 6.45) is 2.06. The van der Waals surface area contributed by atoms with E-state index in [1.165, 1.54) is 12.1 Å². The number of nitro benzene ring substituents is 1. The number of nitro groups is 1. The molecule has 158 valence electrons. The van der Waals surface area contributed by atoms with Crippen LogP contribution in [0.4, 0.5) is 11.4 Å². The highest BCUT2D eigenvalue weighted by Crippen LogP contribution is 2.36. The first-order valence-corrected chi connectivity index (χ1v) is 9.54. The highest BCUT2D eigenvalue weighted by molar-refractivity contribution is 6.24. The fourth-order valence-corrected chi connectivity index (χ4v) is 3.93. The largest absolute Gasteiger partial charge is 0.425 e. The van der Waals surface area contributed by atoms with Crippen LogP contribution in [-0.4, -0.2) is 39.7 Å². The Bertz CT molecular complexity index is 1200. The molecule has 0 fully saturated rings. The third-order valence-corrected chi connectivity index (χ3v) is 5.14. The van der Waals surface area contributed by atoms with E-state index in [9.17, 15) is 24.5 Å². The van der Waals surface area contributed by atoms with Crippen molar-refractivity contribution >= 4 is 34.7 Å². The zero-order valence-corrected chi connectivity index (χ0v) is 17.1. The first kappa shape index (κ1) is 20.3. The Morgan fingerprint density at radius 3 is 2.61 bits per heavy atom. The van der Waals surface area contributed by atoms with Crippen LogP contribution in [0, 0.1) is 10.1 Å². The molecule has 0 spiro atoms. The summed E-state index contributed by atoms with van der Waals surface area (Å²) >= 11 is 0. The predicted octanol–water partition coefficient (Wildman–Crippen LogP) is 3.40. The molecule has 31 heavy (non-hydrogen) atoms. The van der Waals surface area contributed by atoms with Gasteiger partial charge in [0, 0.05) is 17.3 Å². The normalized spacial score (nSPS) is 16.2. The van der Waals surface area contributed by atoms with Gasteiger partial charge in [-0.3, -0.25) is 24.6 Å². The van der Waals surface area contributed by atoms with Crippen molar-refractivity contribution in [1.82, 2.24) is 4.90 Å². The van der Waals surface area contributed by atoms with E-state index < -0.39 is 34.9 Å². The minimum atomic E-state index is -0.889. The Morgan fingerprint density at radius 2 is 1.90 bits per heavy atom. The zero-order valence-electron chi connectivity index (χ0n) is 17.1. The van der Waals surface area contributed by atoms with Gasteiger partial charge in [-0.25, -0.2) is 4.79 Å². The lowest BCUT2D eigenvalue weighted by Crippen LogP contribution is -2.36. The van der Waals surface area contributed by atoms with E-state index in [0.717, 1.165) is 22.9 Å². The van der Waals surface area contributed by atoms with Crippen molar-refractivity contribution < 1.29 is 24.0 Å². The monoisotopic (exact) mass is 421 g/mol. The molecule has 0 bridgehead atoms. The number of carbonyl (C=O) groups excluding carboxylic acids is 3. The van der Waals surface area contributed by atoms with Gasteiger partial charge < -0.3 is 10.1 Å². The summed E-state index contributed by atoms with van der Waals surface area (Å²) in [5, 5.41) is 14.6. The van der Waals surface area contributed by atoms with Gasteiger partial charge in [0.1, 0.15) is 17.9 Å². The topological polar surface area (TPSA) is 119 Å². The highest BCUT2D eigenvalue weighted by Gasteiger charge is 2.42. The van der Waals surface area contributed by atoms with Gasteiger partial charge >= 0.3 is 5.97 Å². The molecule has 2 amide bonds. The lowest BCUT2D eigenvalue weighted by atomic mass is 9.91. The smallest absolute Gasteiger partial charge is 0.331 e. The molecule has 4 rings (SSSR count). The first-order valence-electron chi connectivity index (χ1n) is 9.54. The molecular formula is C22H19N3O6. The van der Waals surface area contributed by atoms with Gasteiger partial charge in [-0.05, 0) is 50.6 Å². The standard InChI is InChI=1S/C22H19N3O6/c1-12-10-22(2,3)23-16-8-7-13(9-15(12)16)31-18(26)11-24-20(27)14-5-4-6-17(25(29)30)19(14)21(24)28/h4-10,23H,11H2,1-3H3. The lowest BCUT2D eigenvalue weighted by molar-refractivity contribution is -0.385. The fourth-order valence-electron chi connectivity index (χ4n) is 3.93. The average Bonchev–Trinajstić information content (AvgIpc) is 2.92. The molecule has 0 radical (unpaired) electrons. The highest BCUT2D eigenvalue weighted by atomic mass is 16.6. The van der Waals surface area contributed by atoms with Crippen LogP contribution in [0.5, 0.6) is 5.75 Å². The third-order valence-electron chi connectivity index (χ3n) is 5.14. The summed E-state index contributed by atoms with van der Waals surface area (Å²) in [5.74, 6) is -2.22. The molecule has 0 unspecified atom stereocenters. The van der Waals surface area contributed by atoms with Crippen molar-refractivity contribution in [2.45, 2.75) is 26.3 Å². The number of amides is 2.